The predicted molar refractivity (Wildman–Crippen MR) is 62.9 cm³/mol. The van der Waals surface area contributed by atoms with Gasteiger partial charge in [-0.25, -0.2) is 9.86 Å². The van der Waals surface area contributed by atoms with E-state index in [0.717, 1.165) is 12.8 Å². The molecule has 0 aliphatic carbocycles. The van der Waals surface area contributed by atoms with Gasteiger partial charge in [0, 0.05) is 6.54 Å². The number of primary amides is 1. The lowest BCUT2D eigenvalue weighted by Crippen LogP contribution is -2.58. The first-order chi connectivity index (χ1) is 8.11. The van der Waals surface area contributed by atoms with E-state index in [9.17, 15) is 9.59 Å². The average Bonchev–Trinajstić information content (AvgIpc) is 2.30. The number of nitrogens with zero attached hydrogens (tertiary/aromatic N) is 2. The van der Waals surface area contributed by atoms with Crippen molar-refractivity contribution in [3.8, 4) is 0 Å². The summed E-state index contributed by atoms with van der Waals surface area (Å²) in [5.41, 5.74) is 5.27. The molecule has 0 aromatic heterocycles. The minimum Gasteiger partial charge on any atom is -0.368 e. The standard InChI is InChI=1S/C11H21N3O3/c1-3-5-8-17-14-7-6-9(10(12)15)13(4-2)11(14)16/h9H,3-8H2,1-2H3,(H2,12,15)/t9-/m0/s1. The predicted octanol–water partition coefficient (Wildman–Crippen LogP) is 0.720. The second-order valence-electron chi connectivity index (χ2n) is 4.06. The molecule has 6 nitrogen and oxygen atoms in total. The van der Waals surface area contributed by atoms with E-state index in [4.69, 9.17) is 10.6 Å². The van der Waals surface area contributed by atoms with Crippen molar-refractivity contribution in [2.45, 2.75) is 39.2 Å². The summed E-state index contributed by atoms with van der Waals surface area (Å²) in [7, 11) is 0. The summed E-state index contributed by atoms with van der Waals surface area (Å²) >= 11 is 0. The third kappa shape index (κ3) is 3.33. The molecular weight excluding hydrogens is 222 g/mol. The summed E-state index contributed by atoms with van der Waals surface area (Å²) in [5.74, 6) is -0.451. The fraction of sp³-hybridized carbons (Fsp3) is 0.818. The number of hydrogen-bond acceptors (Lipinski definition) is 3. The molecule has 0 spiro atoms. The van der Waals surface area contributed by atoms with Crippen LogP contribution < -0.4 is 5.73 Å². The maximum absolute atomic E-state index is 12.0. The molecule has 3 amide bonds. The molecule has 1 heterocycles. The van der Waals surface area contributed by atoms with Gasteiger partial charge >= 0.3 is 6.03 Å². The molecule has 0 saturated carbocycles. The number of carbonyl (C=O) groups excluding carboxylic acids is 2. The zero-order valence-electron chi connectivity index (χ0n) is 10.5. The Bertz CT molecular complexity index is 283. The van der Waals surface area contributed by atoms with Crippen LogP contribution in [0.3, 0.4) is 0 Å². The highest BCUT2D eigenvalue weighted by Crippen LogP contribution is 2.16. The third-order valence-electron chi connectivity index (χ3n) is 2.86. The number of unbranched alkanes of at least 4 members (excludes halogenated alkanes) is 1. The quantitative estimate of drug-likeness (QED) is 0.698. The Kier molecular flexibility index (Phi) is 5.21. The van der Waals surface area contributed by atoms with Gasteiger partial charge in [-0.2, -0.15) is 0 Å². The van der Waals surface area contributed by atoms with Crippen molar-refractivity contribution in [3.63, 3.8) is 0 Å². The fourth-order valence-electron chi connectivity index (χ4n) is 1.86. The van der Waals surface area contributed by atoms with Gasteiger partial charge in [0.15, 0.2) is 0 Å². The molecule has 0 unspecified atom stereocenters. The van der Waals surface area contributed by atoms with Gasteiger partial charge in [-0.05, 0) is 19.8 Å². The second kappa shape index (κ2) is 6.44. The average molecular weight is 243 g/mol. The Morgan fingerprint density at radius 3 is 2.76 bits per heavy atom. The van der Waals surface area contributed by atoms with E-state index in [0.29, 0.717) is 26.1 Å². The molecule has 1 fully saturated rings. The lowest BCUT2D eigenvalue weighted by molar-refractivity contribution is -0.149. The van der Waals surface area contributed by atoms with Crippen LogP contribution in [0.1, 0.15) is 33.1 Å². The molecule has 6 heteroatoms. The Morgan fingerprint density at radius 2 is 2.24 bits per heavy atom. The molecule has 1 saturated heterocycles. The highest BCUT2D eigenvalue weighted by atomic mass is 16.7. The van der Waals surface area contributed by atoms with Gasteiger partial charge in [-0.15, -0.1) is 0 Å². The maximum Gasteiger partial charge on any atom is 0.344 e. The summed E-state index contributed by atoms with van der Waals surface area (Å²) in [5, 5.41) is 1.33. The van der Waals surface area contributed by atoms with E-state index < -0.39 is 11.9 Å². The van der Waals surface area contributed by atoms with Gasteiger partial charge in [-0.1, -0.05) is 13.3 Å². The number of hydrogen-bond donors (Lipinski definition) is 1. The molecule has 17 heavy (non-hydrogen) atoms. The van der Waals surface area contributed by atoms with E-state index in [-0.39, 0.29) is 6.03 Å². The van der Waals surface area contributed by atoms with Crippen LogP contribution in [0.15, 0.2) is 0 Å². The number of amides is 3. The van der Waals surface area contributed by atoms with Gasteiger partial charge in [0.2, 0.25) is 5.91 Å². The molecule has 98 valence electrons. The van der Waals surface area contributed by atoms with Gasteiger partial charge in [0.25, 0.3) is 0 Å². The van der Waals surface area contributed by atoms with E-state index in [2.05, 4.69) is 6.92 Å². The van der Waals surface area contributed by atoms with Crippen LogP contribution in [-0.4, -0.2) is 47.6 Å². The van der Waals surface area contributed by atoms with E-state index in [1.165, 1.54) is 9.96 Å². The Labute approximate surface area is 102 Å². The minimum absolute atomic E-state index is 0.265. The zero-order chi connectivity index (χ0) is 12.8. The number of nitrogens with two attached hydrogens (primary N) is 1. The van der Waals surface area contributed by atoms with Crippen LogP contribution in [0.25, 0.3) is 0 Å². The molecule has 1 atom stereocenters. The van der Waals surface area contributed by atoms with Crippen molar-refractivity contribution in [3.05, 3.63) is 0 Å². The van der Waals surface area contributed by atoms with Crippen molar-refractivity contribution >= 4 is 11.9 Å². The summed E-state index contributed by atoms with van der Waals surface area (Å²) < 4.78 is 0. The Morgan fingerprint density at radius 1 is 1.53 bits per heavy atom. The van der Waals surface area contributed by atoms with Crippen LogP contribution in [0.4, 0.5) is 4.79 Å². The normalized spacial score (nSPS) is 20.8. The first kappa shape index (κ1) is 13.8. The van der Waals surface area contributed by atoms with Crippen LogP contribution in [0.5, 0.6) is 0 Å². The van der Waals surface area contributed by atoms with E-state index >= 15 is 0 Å². The van der Waals surface area contributed by atoms with Crippen molar-refractivity contribution in [1.29, 1.82) is 0 Å². The first-order valence-electron chi connectivity index (χ1n) is 6.12. The smallest absolute Gasteiger partial charge is 0.344 e. The molecule has 0 bridgehead atoms. The molecule has 1 rings (SSSR count). The lowest BCUT2D eigenvalue weighted by atomic mass is 10.1. The van der Waals surface area contributed by atoms with Crippen LogP contribution in [0, 0.1) is 0 Å². The number of likely N-dealkylation sites (N-methyl/N-ethyl adjacent to an activating group) is 1. The highest BCUT2D eigenvalue weighted by Gasteiger charge is 2.35. The number of rotatable bonds is 6. The SMILES string of the molecule is CCCCON1CC[C@@H](C(N)=O)N(CC)C1=O. The van der Waals surface area contributed by atoms with Gasteiger partial charge in [0.1, 0.15) is 6.04 Å². The minimum atomic E-state index is -0.501. The monoisotopic (exact) mass is 243 g/mol. The highest BCUT2D eigenvalue weighted by molar-refractivity contribution is 5.86. The van der Waals surface area contributed by atoms with Crippen molar-refractivity contribution in [2.24, 2.45) is 5.73 Å². The molecule has 1 aliphatic rings. The van der Waals surface area contributed by atoms with Crippen LogP contribution >= 0.6 is 0 Å². The van der Waals surface area contributed by atoms with E-state index in [1.807, 2.05) is 6.92 Å². The van der Waals surface area contributed by atoms with Gasteiger partial charge in [0.05, 0.1) is 13.2 Å². The fourth-order valence-corrected chi connectivity index (χ4v) is 1.86. The van der Waals surface area contributed by atoms with Gasteiger partial charge in [-0.3, -0.25) is 9.63 Å². The largest absolute Gasteiger partial charge is 0.368 e. The molecule has 0 radical (unpaired) electrons. The number of urea groups is 1. The zero-order valence-corrected chi connectivity index (χ0v) is 10.5. The molecule has 0 aromatic rings. The van der Waals surface area contributed by atoms with Crippen LogP contribution in [-0.2, 0) is 9.63 Å². The second-order valence-corrected chi connectivity index (χ2v) is 4.06. The number of carbonyl (C=O) groups is 2. The lowest BCUT2D eigenvalue weighted by Gasteiger charge is -2.38. The summed E-state index contributed by atoms with van der Waals surface area (Å²) in [6.07, 6.45) is 2.46. The Balaban J connectivity index is 2.57. The number of hydroxylamine groups is 2. The molecular formula is C11H21N3O3. The van der Waals surface area contributed by atoms with E-state index in [1.54, 1.807) is 0 Å². The third-order valence-corrected chi connectivity index (χ3v) is 2.86. The maximum atomic E-state index is 12.0. The molecule has 1 aliphatic heterocycles. The topological polar surface area (TPSA) is 75.9 Å². The molecule has 0 aromatic carbocycles. The molecule has 2 N–H and O–H groups in total. The van der Waals surface area contributed by atoms with Crippen molar-refractivity contribution in [1.82, 2.24) is 9.96 Å². The summed E-state index contributed by atoms with van der Waals surface area (Å²) in [4.78, 5) is 30.0. The summed E-state index contributed by atoms with van der Waals surface area (Å²) in [6, 6.07) is -0.767. The van der Waals surface area contributed by atoms with Crippen molar-refractivity contribution < 1.29 is 14.4 Å². The summed E-state index contributed by atoms with van der Waals surface area (Å²) in [6.45, 7) is 5.29. The first-order valence-corrected chi connectivity index (χ1v) is 6.12. The van der Waals surface area contributed by atoms with Crippen molar-refractivity contribution in [2.75, 3.05) is 19.7 Å². The van der Waals surface area contributed by atoms with Gasteiger partial charge < -0.3 is 10.6 Å². The Hall–Kier alpha value is -1.30. The van der Waals surface area contributed by atoms with Crippen LogP contribution in [0.2, 0.25) is 0 Å².